The van der Waals surface area contributed by atoms with Gasteiger partial charge in [-0.05, 0) is 55.0 Å². The van der Waals surface area contributed by atoms with Crippen molar-refractivity contribution in [1.29, 1.82) is 0 Å². The van der Waals surface area contributed by atoms with E-state index in [0.717, 1.165) is 11.3 Å². The maximum absolute atomic E-state index is 12.1. The van der Waals surface area contributed by atoms with Gasteiger partial charge in [0.1, 0.15) is 5.75 Å². The second kappa shape index (κ2) is 7.31. The first-order valence-electron chi connectivity index (χ1n) is 6.96. The van der Waals surface area contributed by atoms with Crippen LogP contribution in [-0.2, 0) is 0 Å². The molecule has 22 heavy (non-hydrogen) atoms. The van der Waals surface area contributed by atoms with Gasteiger partial charge in [-0.3, -0.25) is 4.79 Å². The zero-order valence-corrected chi connectivity index (χ0v) is 12.6. The standard InChI is InChI=1S/C18H18O4/c1-3-22-15-8-6-14(7-9-15)16(19)10-4-13-5-11-18(21-2)17(20)12-13/h4-12,20H,3H2,1-2H3/b10-4+. The van der Waals surface area contributed by atoms with E-state index in [2.05, 4.69) is 0 Å². The fourth-order valence-corrected chi connectivity index (χ4v) is 1.96. The number of carbonyl (C=O) groups is 1. The molecule has 0 fully saturated rings. The Kier molecular flexibility index (Phi) is 5.20. The monoisotopic (exact) mass is 298 g/mol. The molecule has 0 amide bonds. The number of allylic oxidation sites excluding steroid dienone is 1. The zero-order valence-electron chi connectivity index (χ0n) is 12.6. The maximum Gasteiger partial charge on any atom is 0.185 e. The first-order chi connectivity index (χ1) is 10.6. The predicted molar refractivity (Wildman–Crippen MR) is 85.6 cm³/mol. The Balaban J connectivity index is 2.09. The summed E-state index contributed by atoms with van der Waals surface area (Å²) in [5.41, 5.74) is 1.30. The van der Waals surface area contributed by atoms with E-state index < -0.39 is 0 Å². The van der Waals surface area contributed by atoms with E-state index in [-0.39, 0.29) is 11.5 Å². The minimum absolute atomic E-state index is 0.0400. The highest BCUT2D eigenvalue weighted by Crippen LogP contribution is 2.26. The van der Waals surface area contributed by atoms with E-state index in [4.69, 9.17) is 9.47 Å². The molecule has 0 saturated carbocycles. The highest BCUT2D eigenvalue weighted by Gasteiger charge is 2.03. The van der Waals surface area contributed by atoms with Gasteiger partial charge in [-0.25, -0.2) is 0 Å². The number of ether oxygens (including phenoxy) is 2. The van der Waals surface area contributed by atoms with Gasteiger partial charge in [0.25, 0.3) is 0 Å². The van der Waals surface area contributed by atoms with Gasteiger partial charge in [-0.15, -0.1) is 0 Å². The van der Waals surface area contributed by atoms with Gasteiger partial charge >= 0.3 is 0 Å². The van der Waals surface area contributed by atoms with Crippen LogP contribution in [0.2, 0.25) is 0 Å². The fourth-order valence-electron chi connectivity index (χ4n) is 1.96. The van der Waals surface area contributed by atoms with Crippen molar-refractivity contribution < 1.29 is 19.4 Å². The van der Waals surface area contributed by atoms with Crippen LogP contribution >= 0.6 is 0 Å². The summed E-state index contributed by atoms with van der Waals surface area (Å²) in [5, 5.41) is 9.70. The smallest absolute Gasteiger partial charge is 0.185 e. The van der Waals surface area contributed by atoms with E-state index in [9.17, 15) is 9.90 Å². The Hall–Kier alpha value is -2.75. The minimum atomic E-state index is -0.113. The molecule has 0 heterocycles. The molecule has 2 aromatic rings. The average Bonchev–Trinajstić information content (AvgIpc) is 2.54. The minimum Gasteiger partial charge on any atom is -0.504 e. The Morgan fingerprint density at radius 2 is 1.91 bits per heavy atom. The summed E-state index contributed by atoms with van der Waals surface area (Å²) >= 11 is 0. The molecule has 1 N–H and O–H groups in total. The Morgan fingerprint density at radius 3 is 2.50 bits per heavy atom. The summed E-state index contributed by atoms with van der Waals surface area (Å²) in [6.45, 7) is 2.50. The van der Waals surface area contributed by atoms with E-state index in [1.807, 2.05) is 6.92 Å². The fraction of sp³-hybridized carbons (Fsp3) is 0.167. The maximum atomic E-state index is 12.1. The van der Waals surface area contributed by atoms with E-state index >= 15 is 0 Å². The van der Waals surface area contributed by atoms with Crippen molar-refractivity contribution in [2.24, 2.45) is 0 Å². The number of carbonyl (C=O) groups excluding carboxylic acids is 1. The summed E-state index contributed by atoms with van der Waals surface area (Å²) in [7, 11) is 1.49. The molecule has 0 aliphatic heterocycles. The van der Waals surface area contributed by atoms with E-state index in [0.29, 0.717) is 17.9 Å². The number of hydrogen-bond donors (Lipinski definition) is 1. The molecule has 0 spiro atoms. The molecule has 0 aliphatic carbocycles. The third-order valence-corrected chi connectivity index (χ3v) is 3.08. The molecule has 0 aromatic heterocycles. The number of rotatable bonds is 6. The largest absolute Gasteiger partial charge is 0.504 e. The molecule has 0 atom stereocenters. The normalized spacial score (nSPS) is 10.6. The number of phenols is 1. The lowest BCUT2D eigenvalue weighted by atomic mass is 10.1. The SMILES string of the molecule is CCOc1ccc(C(=O)/C=C/c2ccc(OC)c(O)c2)cc1. The lowest BCUT2D eigenvalue weighted by molar-refractivity contribution is 0.104. The van der Waals surface area contributed by atoms with Gasteiger partial charge in [0.05, 0.1) is 13.7 Å². The molecule has 0 radical (unpaired) electrons. The van der Waals surface area contributed by atoms with Crippen molar-refractivity contribution in [3.63, 3.8) is 0 Å². The number of ketones is 1. The molecule has 4 heteroatoms. The first kappa shape index (κ1) is 15.6. The molecular formula is C18H18O4. The second-order valence-electron chi connectivity index (χ2n) is 4.59. The molecular weight excluding hydrogens is 280 g/mol. The molecule has 4 nitrogen and oxygen atoms in total. The number of phenolic OH excluding ortho intramolecular Hbond substituents is 1. The lowest BCUT2D eigenvalue weighted by Crippen LogP contribution is -1.95. The van der Waals surface area contributed by atoms with Crippen molar-refractivity contribution in [2.45, 2.75) is 6.92 Å². The Bertz CT molecular complexity index is 672. The van der Waals surface area contributed by atoms with Crippen LogP contribution in [0, 0.1) is 0 Å². The van der Waals surface area contributed by atoms with Crippen LogP contribution in [0.4, 0.5) is 0 Å². The summed E-state index contributed by atoms with van der Waals surface area (Å²) in [5.74, 6) is 1.06. The van der Waals surface area contributed by atoms with Crippen LogP contribution in [0.5, 0.6) is 17.2 Å². The van der Waals surface area contributed by atoms with Crippen LogP contribution in [0.1, 0.15) is 22.8 Å². The zero-order chi connectivity index (χ0) is 15.9. The van der Waals surface area contributed by atoms with Gasteiger partial charge in [-0.1, -0.05) is 12.1 Å². The quantitative estimate of drug-likeness (QED) is 0.652. The molecule has 114 valence electrons. The number of methoxy groups -OCH3 is 1. The third-order valence-electron chi connectivity index (χ3n) is 3.08. The van der Waals surface area contributed by atoms with E-state index in [1.165, 1.54) is 13.2 Å². The molecule has 0 unspecified atom stereocenters. The summed E-state index contributed by atoms with van der Waals surface area (Å²) < 4.78 is 10.3. The van der Waals surface area contributed by atoms with Crippen LogP contribution in [0.25, 0.3) is 6.08 Å². The summed E-state index contributed by atoms with van der Waals surface area (Å²) in [6, 6.07) is 11.9. The lowest BCUT2D eigenvalue weighted by Gasteiger charge is -2.04. The number of aromatic hydroxyl groups is 1. The average molecular weight is 298 g/mol. The highest BCUT2D eigenvalue weighted by atomic mass is 16.5. The topological polar surface area (TPSA) is 55.8 Å². The van der Waals surface area contributed by atoms with Crippen LogP contribution in [0.15, 0.2) is 48.5 Å². The van der Waals surface area contributed by atoms with Crippen molar-refractivity contribution in [2.75, 3.05) is 13.7 Å². The van der Waals surface area contributed by atoms with Crippen LogP contribution in [-0.4, -0.2) is 24.6 Å². The van der Waals surface area contributed by atoms with Crippen molar-refractivity contribution in [3.05, 3.63) is 59.7 Å². The molecule has 0 bridgehead atoms. The Morgan fingerprint density at radius 1 is 1.18 bits per heavy atom. The number of benzene rings is 2. The molecule has 2 aromatic carbocycles. The predicted octanol–water partition coefficient (Wildman–Crippen LogP) is 3.70. The first-order valence-corrected chi connectivity index (χ1v) is 6.96. The van der Waals surface area contributed by atoms with Gasteiger partial charge in [0.2, 0.25) is 0 Å². The molecule has 2 rings (SSSR count). The number of hydrogen-bond acceptors (Lipinski definition) is 4. The summed E-state index contributed by atoms with van der Waals surface area (Å²) in [4.78, 5) is 12.1. The second-order valence-corrected chi connectivity index (χ2v) is 4.59. The third kappa shape index (κ3) is 3.88. The van der Waals surface area contributed by atoms with Crippen molar-refractivity contribution in [1.82, 2.24) is 0 Å². The van der Waals surface area contributed by atoms with E-state index in [1.54, 1.807) is 48.5 Å². The summed E-state index contributed by atoms with van der Waals surface area (Å²) in [6.07, 6.45) is 3.12. The van der Waals surface area contributed by atoms with Gasteiger partial charge in [0.15, 0.2) is 17.3 Å². The van der Waals surface area contributed by atoms with Crippen LogP contribution in [0.3, 0.4) is 0 Å². The van der Waals surface area contributed by atoms with Crippen molar-refractivity contribution >= 4 is 11.9 Å². The molecule has 0 saturated heterocycles. The van der Waals surface area contributed by atoms with Crippen LogP contribution < -0.4 is 9.47 Å². The van der Waals surface area contributed by atoms with Gasteiger partial charge in [-0.2, -0.15) is 0 Å². The Labute approximate surface area is 129 Å². The molecule has 0 aliphatic rings. The van der Waals surface area contributed by atoms with Crippen molar-refractivity contribution in [3.8, 4) is 17.2 Å². The van der Waals surface area contributed by atoms with Gasteiger partial charge in [0, 0.05) is 5.56 Å². The van der Waals surface area contributed by atoms with Gasteiger partial charge < -0.3 is 14.6 Å². The highest BCUT2D eigenvalue weighted by molar-refractivity contribution is 6.06.